The van der Waals surface area contributed by atoms with E-state index in [1.54, 1.807) is 13.8 Å². The minimum atomic E-state index is -1.12. The summed E-state index contributed by atoms with van der Waals surface area (Å²) in [6.45, 7) is 3.70. The summed E-state index contributed by atoms with van der Waals surface area (Å²) < 4.78 is 10.5. The van der Waals surface area contributed by atoms with Gasteiger partial charge >= 0.3 is 11.9 Å². The molecule has 0 N–H and O–H groups in total. The minimum absolute atomic E-state index is 0.153. The summed E-state index contributed by atoms with van der Waals surface area (Å²) in [6.07, 6.45) is 0. The maximum absolute atomic E-state index is 13.6. The molecule has 0 saturated carbocycles. The van der Waals surface area contributed by atoms with Gasteiger partial charge in [0.05, 0.1) is 25.3 Å². The van der Waals surface area contributed by atoms with Crippen LogP contribution in [0.5, 0.6) is 0 Å². The topological polar surface area (TPSA) is 72.9 Å². The number of benzene rings is 2. The number of ketones is 1. The van der Waals surface area contributed by atoms with Crippen LogP contribution in [0.2, 0.25) is 0 Å². The molecule has 1 fully saturated rings. The lowest BCUT2D eigenvalue weighted by Gasteiger charge is -2.46. The van der Waals surface area contributed by atoms with E-state index < -0.39 is 41.6 Å². The van der Waals surface area contributed by atoms with Crippen LogP contribution >= 0.6 is 0 Å². The zero-order valence-corrected chi connectivity index (χ0v) is 17.5. The third kappa shape index (κ3) is 4.14. The molecule has 0 aromatic heterocycles. The van der Waals surface area contributed by atoms with Crippen molar-refractivity contribution in [3.8, 4) is 0 Å². The number of piperidine rings is 1. The Labute approximate surface area is 176 Å². The Bertz CT molecular complexity index is 811. The number of hydrogen-bond donors (Lipinski definition) is 0. The highest BCUT2D eigenvalue weighted by atomic mass is 16.5. The Morgan fingerprint density at radius 1 is 0.767 bits per heavy atom. The minimum Gasteiger partial charge on any atom is -0.465 e. The predicted octanol–water partition coefficient (Wildman–Crippen LogP) is 3.34. The molecule has 0 bridgehead atoms. The van der Waals surface area contributed by atoms with Gasteiger partial charge in [-0.25, -0.2) is 0 Å². The number of carbonyl (C=O) groups excluding carboxylic acids is 3. The fraction of sp³-hybridized carbons (Fsp3) is 0.375. The highest BCUT2D eigenvalue weighted by Crippen LogP contribution is 2.46. The first-order chi connectivity index (χ1) is 14.5. The fourth-order valence-corrected chi connectivity index (χ4v) is 4.26. The third-order valence-corrected chi connectivity index (χ3v) is 5.49. The second-order valence-electron chi connectivity index (χ2n) is 7.24. The van der Waals surface area contributed by atoms with E-state index in [0.29, 0.717) is 0 Å². The van der Waals surface area contributed by atoms with E-state index in [4.69, 9.17) is 9.47 Å². The van der Waals surface area contributed by atoms with E-state index in [1.807, 2.05) is 72.6 Å². The first-order valence-corrected chi connectivity index (χ1v) is 10.2. The lowest BCUT2D eigenvalue weighted by Crippen LogP contribution is -2.54. The molecule has 0 aliphatic carbocycles. The summed E-state index contributed by atoms with van der Waals surface area (Å²) in [5.74, 6) is -3.95. The number of esters is 2. The number of rotatable bonds is 6. The van der Waals surface area contributed by atoms with Crippen LogP contribution in [0.3, 0.4) is 0 Å². The van der Waals surface area contributed by atoms with Crippen molar-refractivity contribution in [1.82, 2.24) is 4.90 Å². The van der Waals surface area contributed by atoms with Crippen molar-refractivity contribution >= 4 is 17.7 Å². The van der Waals surface area contributed by atoms with Gasteiger partial charge in [0.15, 0.2) is 5.78 Å². The largest absolute Gasteiger partial charge is 0.465 e. The summed E-state index contributed by atoms with van der Waals surface area (Å²) in [5.41, 5.74) is 1.63. The number of carbonyl (C=O) groups is 3. The highest BCUT2D eigenvalue weighted by Gasteiger charge is 2.54. The summed E-state index contributed by atoms with van der Waals surface area (Å²) in [5, 5.41) is 0. The molecule has 1 aliphatic rings. The van der Waals surface area contributed by atoms with Gasteiger partial charge in [0.1, 0.15) is 11.8 Å². The van der Waals surface area contributed by atoms with Crippen LogP contribution in [0, 0.1) is 11.8 Å². The van der Waals surface area contributed by atoms with E-state index in [-0.39, 0.29) is 13.2 Å². The van der Waals surface area contributed by atoms with Gasteiger partial charge in [-0.3, -0.25) is 19.3 Å². The molecule has 2 aromatic carbocycles. The zero-order valence-electron chi connectivity index (χ0n) is 17.5. The van der Waals surface area contributed by atoms with Gasteiger partial charge in [0.25, 0.3) is 0 Å². The molecule has 3 rings (SSSR count). The van der Waals surface area contributed by atoms with E-state index in [1.165, 1.54) is 0 Å². The molecule has 1 aliphatic heterocycles. The summed E-state index contributed by atoms with van der Waals surface area (Å²) in [4.78, 5) is 41.3. The van der Waals surface area contributed by atoms with E-state index >= 15 is 0 Å². The Hall–Kier alpha value is -2.99. The molecule has 158 valence electrons. The molecule has 0 unspecified atom stereocenters. The SMILES string of the molecule is CCOC(=O)[C@@H]1C(=O)[C@@H](C(=O)OCC)[C@@H](c2ccccc2)N(C)[C@@H]1c1ccccc1. The molecular formula is C24H27NO5. The predicted molar refractivity (Wildman–Crippen MR) is 111 cm³/mol. The summed E-state index contributed by atoms with van der Waals surface area (Å²) in [6, 6.07) is 17.6. The van der Waals surface area contributed by atoms with Gasteiger partial charge in [0.2, 0.25) is 0 Å². The van der Waals surface area contributed by atoms with Crippen molar-refractivity contribution in [3.05, 3.63) is 71.8 Å². The Balaban J connectivity index is 2.16. The van der Waals surface area contributed by atoms with Crippen LogP contribution in [0.4, 0.5) is 0 Å². The molecule has 30 heavy (non-hydrogen) atoms. The lowest BCUT2D eigenvalue weighted by molar-refractivity contribution is -0.169. The molecule has 0 amide bonds. The second-order valence-corrected chi connectivity index (χ2v) is 7.24. The monoisotopic (exact) mass is 409 g/mol. The van der Waals surface area contributed by atoms with Crippen molar-refractivity contribution in [2.24, 2.45) is 11.8 Å². The maximum Gasteiger partial charge on any atom is 0.318 e. The zero-order chi connectivity index (χ0) is 21.7. The van der Waals surface area contributed by atoms with Gasteiger partial charge in [-0.15, -0.1) is 0 Å². The second kappa shape index (κ2) is 9.67. The first kappa shape index (κ1) is 21.7. The molecule has 6 heteroatoms. The number of hydrogen-bond acceptors (Lipinski definition) is 6. The lowest BCUT2D eigenvalue weighted by atomic mass is 9.73. The van der Waals surface area contributed by atoms with Crippen LogP contribution in [0.15, 0.2) is 60.7 Å². The fourth-order valence-electron chi connectivity index (χ4n) is 4.26. The number of ether oxygens (including phenoxy) is 2. The average molecular weight is 409 g/mol. The molecule has 0 spiro atoms. The molecular weight excluding hydrogens is 382 g/mol. The standard InChI is InChI=1S/C24H27NO5/c1-4-29-23(27)18-20(16-12-8-6-9-13-16)25(3)21(17-14-10-7-11-15-17)19(22(18)26)24(28)30-5-2/h6-15,18-21H,4-5H2,1-3H3/t18-,19-,20+,21+/m0/s1. The first-order valence-electron chi connectivity index (χ1n) is 10.2. The molecule has 1 saturated heterocycles. The Morgan fingerprint density at radius 3 is 1.47 bits per heavy atom. The van der Waals surface area contributed by atoms with Gasteiger partial charge in [-0.1, -0.05) is 60.7 Å². The van der Waals surface area contributed by atoms with Crippen molar-refractivity contribution in [2.45, 2.75) is 25.9 Å². The van der Waals surface area contributed by atoms with E-state index in [0.717, 1.165) is 11.1 Å². The van der Waals surface area contributed by atoms with Crippen molar-refractivity contribution in [3.63, 3.8) is 0 Å². The van der Waals surface area contributed by atoms with Gasteiger partial charge in [-0.05, 0) is 32.0 Å². The van der Waals surface area contributed by atoms with Crippen molar-refractivity contribution in [1.29, 1.82) is 0 Å². The van der Waals surface area contributed by atoms with Crippen LogP contribution in [-0.2, 0) is 23.9 Å². The molecule has 4 atom stereocenters. The Kier molecular flexibility index (Phi) is 7.00. The van der Waals surface area contributed by atoms with Crippen LogP contribution in [0.25, 0.3) is 0 Å². The molecule has 1 heterocycles. The average Bonchev–Trinajstić information content (AvgIpc) is 2.76. The van der Waals surface area contributed by atoms with Crippen molar-refractivity contribution < 1.29 is 23.9 Å². The normalized spacial score (nSPS) is 24.3. The third-order valence-electron chi connectivity index (χ3n) is 5.49. The number of Topliss-reactive ketones (excluding diaryl/α,β-unsaturated/α-hetero) is 1. The van der Waals surface area contributed by atoms with Crippen LogP contribution < -0.4 is 0 Å². The molecule has 0 radical (unpaired) electrons. The molecule has 6 nitrogen and oxygen atoms in total. The highest BCUT2D eigenvalue weighted by molar-refractivity contribution is 6.10. The van der Waals surface area contributed by atoms with Crippen molar-refractivity contribution in [2.75, 3.05) is 20.3 Å². The van der Waals surface area contributed by atoms with E-state index in [9.17, 15) is 14.4 Å². The van der Waals surface area contributed by atoms with Gasteiger partial charge in [0, 0.05) is 0 Å². The van der Waals surface area contributed by atoms with Gasteiger partial charge < -0.3 is 9.47 Å². The van der Waals surface area contributed by atoms with Crippen LogP contribution in [-0.4, -0.2) is 42.9 Å². The quantitative estimate of drug-likeness (QED) is 0.538. The maximum atomic E-state index is 13.6. The Morgan fingerprint density at radius 2 is 1.13 bits per heavy atom. The summed E-state index contributed by atoms with van der Waals surface area (Å²) in [7, 11) is 1.83. The smallest absolute Gasteiger partial charge is 0.318 e. The number of nitrogens with zero attached hydrogens (tertiary/aromatic N) is 1. The van der Waals surface area contributed by atoms with Gasteiger partial charge in [-0.2, -0.15) is 0 Å². The number of likely N-dealkylation sites (tertiary alicyclic amines) is 1. The van der Waals surface area contributed by atoms with E-state index in [2.05, 4.69) is 0 Å². The summed E-state index contributed by atoms with van der Waals surface area (Å²) >= 11 is 0. The van der Waals surface area contributed by atoms with Crippen LogP contribution in [0.1, 0.15) is 37.1 Å². The molecule has 2 aromatic rings.